The molecule has 0 fully saturated rings. The molecule has 0 aromatic carbocycles. The summed E-state index contributed by atoms with van der Waals surface area (Å²) < 4.78 is 57.5. The minimum absolute atomic E-state index is 0.577. The third kappa shape index (κ3) is 2.31. The second-order valence-corrected chi connectivity index (χ2v) is 6.24. The number of halogens is 8. The first-order valence-corrected chi connectivity index (χ1v) is 5.15. The molecule has 0 aliphatic heterocycles. The summed E-state index contributed by atoms with van der Waals surface area (Å²) in [5.74, 6) is -4.83. The van der Waals surface area contributed by atoms with Gasteiger partial charge < -0.3 is 0 Å². The summed E-state index contributed by atoms with van der Waals surface area (Å²) in [6.07, 6.45) is -5.58. The predicted octanol–water partition coefficient (Wildman–Crippen LogP) is 4.07. The van der Waals surface area contributed by atoms with Crippen LogP contribution in [0.2, 0.25) is 0 Å². The first-order chi connectivity index (χ1) is 5.06. The van der Waals surface area contributed by atoms with Crippen LogP contribution in [0, 0.1) is 0 Å². The van der Waals surface area contributed by atoms with E-state index in [1.807, 2.05) is 0 Å². The molecule has 0 aromatic rings. The van der Waals surface area contributed by atoms with E-state index in [0.29, 0.717) is 0 Å². The molecular weight excluding hydrogens is 383 g/mol. The van der Waals surface area contributed by atoms with E-state index >= 15 is 0 Å². The molecule has 0 aliphatic rings. The molecule has 0 atom stereocenters. The summed E-state index contributed by atoms with van der Waals surface area (Å²) in [6.45, 7) is 0. The Kier molecular flexibility index (Phi) is 4.02. The van der Waals surface area contributed by atoms with Gasteiger partial charge in [0, 0.05) is 5.33 Å². The van der Waals surface area contributed by atoms with Gasteiger partial charge in [0.2, 0.25) is 0 Å². The van der Waals surface area contributed by atoms with Crippen molar-refractivity contribution in [1.82, 2.24) is 0 Å². The van der Waals surface area contributed by atoms with Gasteiger partial charge in [0.05, 0.1) is 0 Å². The van der Waals surface area contributed by atoms with Gasteiger partial charge in [0.15, 0.2) is 3.23 Å². The van der Waals surface area contributed by atoms with Crippen molar-refractivity contribution in [3.63, 3.8) is 0 Å². The second-order valence-electron chi connectivity index (χ2n) is 1.91. The fourth-order valence-corrected chi connectivity index (χ4v) is 1.09. The summed E-state index contributed by atoms with van der Waals surface area (Å²) >= 11 is 7.00. The highest BCUT2D eigenvalue weighted by Crippen LogP contribution is 2.51. The minimum atomic E-state index is -5.58. The average Bonchev–Trinajstić information content (AvgIpc) is 1.85. The van der Waals surface area contributed by atoms with Gasteiger partial charge in [0.1, 0.15) is 0 Å². The van der Waals surface area contributed by atoms with Crippen LogP contribution in [0.1, 0.15) is 0 Å². The first kappa shape index (κ1) is 13.1. The van der Waals surface area contributed by atoms with E-state index in [0.717, 1.165) is 0 Å². The standard InChI is InChI=1S/C4H2Br3F5/c5-1-2(6,7)3(8,9)4(10,11)12/h1H2. The van der Waals surface area contributed by atoms with Crippen LogP contribution in [0.4, 0.5) is 22.0 Å². The van der Waals surface area contributed by atoms with Crippen molar-refractivity contribution in [3.8, 4) is 0 Å². The van der Waals surface area contributed by atoms with Crippen LogP contribution in [0.15, 0.2) is 0 Å². The molecule has 0 N–H and O–H groups in total. The summed E-state index contributed by atoms with van der Waals surface area (Å²) in [6, 6.07) is 0. The fourth-order valence-electron chi connectivity index (χ4n) is 0.291. The van der Waals surface area contributed by atoms with E-state index in [-0.39, 0.29) is 0 Å². The normalized spacial score (nSPS) is 15.0. The van der Waals surface area contributed by atoms with Crippen molar-refractivity contribution in [3.05, 3.63) is 0 Å². The summed E-state index contributed by atoms with van der Waals surface area (Å²) in [7, 11) is 0. The van der Waals surface area contributed by atoms with Crippen molar-refractivity contribution < 1.29 is 22.0 Å². The van der Waals surface area contributed by atoms with Crippen molar-refractivity contribution in [2.24, 2.45) is 0 Å². The predicted molar refractivity (Wildman–Crippen MR) is 45.4 cm³/mol. The van der Waals surface area contributed by atoms with E-state index in [2.05, 4.69) is 47.8 Å². The third-order valence-corrected chi connectivity index (χ3v) is 4.89. The lowest BCUT2D eigenvalue weighted by molar-refractivity contribution is -0.281. The fraction of sp³-hybridized carbons (Fsp3) is 1.00. The average molecular weight is 385 g/mol. The highest BCUT2D eigenvalue weighted by atomic mass is 79.9. The van der Waals surface area contributed by atoms with E-state index in [9.17, 15) is 22.0 Å². The van der Waals surface area contributed by atoms with E-state index in [4.69, 9.17) is 0 Å². The van der Waals surface area contributed by atoms with Crippen LogP contribution in [0.25, 0.3) is 0 Å². The topological polar surface area (TPSA) is 0 Å². The molecule has 0 saturated heterocycles. The van der Waals surface area contributed by atoms with Crippen LogP contribution < -0.4 is 0 Å². The van der Waals surface area contributed by atoms with Crippen LogP contribution in [-0.4, -0.2) is 20.7 Å². The molecule has 0 heterocycles. The van der Waals surface area contributed by atoms with Gasteiger partial charge in [-0.2, -0.15) is 22.0 Å². The largest absolute Gasteiger partial charge is 0.455 e. The Hall–Kier alpha value is 1.09. The Bertz CT molecular complexity index is 163. The Labute approximate surface area is 90.3 Å². The van der Waals surface area contributed by atoms with E-state index in [1.54, 1.807) is 0 Å². The quantitative estimate of drug-likeness (QED) is 0.497. The summed E-state index contributed by atoms with van der Waals surface area (Å²) in [5.41, 5.74) is 0. The van der Waals surface area contributed by atoms with Crippen molar-refractivity contribution in [2.45, 2.75) is 15.3 Å². The van der Waals surface area contributed by atoms with Gasteiger partial charge >= 0.3 is 12.1 Å². The van der Waals surface area contributed by atoms with Gasteiger partial charge in [0.25, 0.3) is 0 Å². The lowest BCUT2D eigenvalue weighted by Gasteiger charge is -2.30. The molecule has 0 aromatic heterocycles. The Morgan fingerprint density at radius 1 is 0.917 bits per heavy atom. The molecule has 0 nitrogen and oxygen atoms in total. The molecule has 74 valence electrons. The lowest BCUT2D eigenvalue weighted by Crippen LogP contribution is -2.50. The Morgan fingerprint density at radius 3 is 1.33 bits per heavy atom. The maximum Gasteiger partial charge on any atom is 0.455 e. The maximum absolute atomic E-state index is 12.5. The molecule has 8 heteroatoms. The number of hydrogen-bond acceptors (Lipinski definition) is 0. The smallest absolute Gasteiger partial charge is 0.194 e. The summed E-state index contributed by atoms with van der Waals surface area (Å²) in [4.78, 5) is 0. The lowest BCUT2D eigenvalue weighted by atomic mass is 10.2. The third-order valence-electron chi connectivity index (χ3n) is 0.983. The minimum Gasteiger partial charge on any atom is -0.194 e. The molecular formula is C4H2Br3F5. The zero-order valence-electron chi connectivity index (χ0n) is 5.23. The van der Waals surface area contributed by atoms with Gasteiger partial charge in [-0.25, -0.2) is 0 Å². The van der Waals surface area contributed by atoms with Gasteiger partial charge in [-0.3, -0.25) is 0 Å². The molecule has 0 radical (unpaired) electrons. The second kappa shape index (κ2) is 3.68. The molecule has 0 spiro atoms. The van der Waals surface area contributed by atoms with Gasteiger partial charge in [-0.15, -0.1) is 0 Å². The van der Waals surface area contributed by atoms with Gasteiger partial charge in [-0.05, 0) is 0 Å². The van der Waals surface area contributed by atoms with Crippen molar-refractivity contribution >= 4 is 47.8 Å². The van der Waals surface area contributed by atoms with Crippen molar-refractivity contribution in [2.75, 3.05) is 5.33 Å². The molecule has 0 rings (SSSR count). The molecule has 0 saturated carbocycles. The van der Waals surface area contributed by atoms with E-state index < -0.39 is 20.7 Å². The van der Waals surface area contributed by atoms with Crippen LogP contribution >= 0.6 is 47.8 Å². The number of alkyl halides is 8. The van der Waals surface area contributed by atoms with E-state index in [1.165, 1.54) is 0 Å². The zero-order chi connectivity index (χ0) is 10.2. The highest BCUT2D eigenvalue weighted by Gasteiger charge is 2.68. The molecule has 0 aliphatic carbocycles. The SMILES string of the molecule is FC(F)(F)C(F)(F)C(Br)(Br)CBr. The summed E-state index contributed by atoms with van der Waals surface area (Å²) in [5, 5.41) is -0.577. The monoisotopic (exact) mass is 382 g/mol. The van der Waals surface area contributed by atoms with Gasteiger partial charge in [-0.1, -0.05) is 47.8 Å². The zero-order valence-corrected chi connectivity index (χ0v) is 9.99. The Morgan fingerprint density at radius 2 is 1.25 bits per heavy atom. The van der Waals surface area contributed by atoms with Crippen LogP contribution in [0.3, 0.4) is 0 Å². The first-order valence-electron chi connectivity index (χ1n) is 2.44. The molecule has 0 amide bonds. The maximum atomic E-state index is 12.5. The molecule has 12 heavy (non-hydrogen) atoms. The van der Waals surface area contributed by atoms with Crippen molar-refractivity contribution in [1.29, 1.82) is 0 Å². The molecule has 0 bridgehead atoms. The number of rotatable bonds is 2. The Balaban J connectivity index is 4.85. The molecule has 0 unspecified atom stereocenters. The number of hydrogen-bond donors (Lipinski definition) is 0. The van der Waals surface area contributed by atoms with Crippen LogP contribution in [-0.2, 0) is 0 Å². The van der Waals surface area contributed by atoms with Crippen LogP contribution in [0.5, 0.6) is 0 Å². The highest BCUT2D eigenvalue weighted by molar-refractivity contribution is 9.26.